The molecule has 0 saturated heterocycles. The van der Waals surface area contributed by atoms with Gasteiger partial charge in [0.25, 0.3) is 5.91 Å². The molecule has 0 aromatic heterocycles. The number of ether oxygens (including phenoxy) is 2. The number of phenolic OH excluding ortho intramolecular Hbond substituents is 2. The van der Waals surface area contributed by atoms with Crippen LogP contribution in [-0.4, -0.2) is 103 Å². The van der Waals surface area contributed by atoms with Crippen LogP contribution in [0.3, 0.4) is 0 Å². The number of aliphatic imine (C=N–C) groups is 1. The molecule has 244 valence electrons. The van der Waals surface area contributed by atoms with E-state index in [1.54, 1.807) is 38.3 Å². The highest BCUT2D eigenvalue weighted by Gasteiger charge is 2.29. The molecule has 12 nitrogen and oxygen atoms in total. The van der Waals surface area contributed by atoms with Crippen LogP contribution in [-0.2, 0) is 20.7 Å². The summed E-state index contributed by atoms with van der Waals surface area (Å²) < 4.78 is 11.3. The number of anilines is 1. The van der Waals surface area contributed by atoms with Gasteiger partial charge in [-0.1, -0.05) is 43.7 Å². The van der Waals surface area contributed by atoms with Crippen molar-refractivity contribution in [1.29, 1.82) is 0 Å². The molecule has 0 saturated carbocycles. The molecule has 1 aromatic rings. The summed E-state index contributed by atoms with van der Waals surface area (Å²) in [5.41, 5.74) is 1.48. The molecule has 2 rings (SSSR count). The van der Waals surface area contributed by atoms with Crippen LogP contribution in [0.25, 0.3) is 0 Å². The molecule has 6 N–H and O–H groups in total. The lowest BCUT2D eigenvalue weighted by Crippen LogP contribution is -2.44. The number of hydrogen-bond acceptors (Lipinski definition) is 9. The number of hydrogen-bond donors (Lipinski definition) is 6. The number of nitrogens with one attached hydrogen (secondary N) is 2. The van der Waals surface area contributed by atoms with E-state index in [0.717, 1.165) is 0 Å². The predicted molar refractivity (Wildman–Crippen MR) is 171 cm³/mol. The Hall–Kier alpha value is -3.71. The second kappa shape index (κ2) is 17.0. The minimum atomic E-state index is -1.24. The quantitative estimate of drug-likeness (QED) is 0.120. The smallest absolute Gasteiger partial charge is 0.405 e. The van der Waals surface area contributed by atoms with Gasteiger partial charge in [-0.3, -0.25) is 9.79 Å². The summed E-state index contributed by atoms with van der Waals surface area (Å²) in [6.45, 7) is 7.58. The number of aliphatic hydroxyl groups is 1. The second-order valence-corrected chi connectivity index (χ2v) is 11.6. The number of amides is 2. The van der Waals surface area contributed by atoms with E-state index in [4.69, 9.17) is 9.47 Å². The van der Waals surface area contributed by atoms with E-state index in [-0.39, 0.29) is 40.8 Å². The van der Waals surface area contributed by atoms with Crippen LogP contribution in [0.1, 0.15) is 39.7 Å². The summed E-state index contributed by atoms with van der Waals surface area (Å²) in [5.74, 6) is -1.54. The van der Waals surface area contributed by atoms with E-state index >= 15 is 0 Å². The summed E-state index contributed by atoms with van der Waals surface area (Å²) in [4.78, 5) is 31.1. The average molecular weight is 617 g/mol. The van der Waals surface area contributed by atoms with Gasteiger partial charge in [0.05, 0.1) is 30.0 Å². The average Bonchev–Trinajstić information content (AvgIpc) is 2.95. The molecule has 0 aliphatic carbocycles. The molecule has 6 atom stereocenters. The Bertz CT molecular complexity index is 1270. The summed E-state index contributed by atoms with van der Waals surface area (Å²) in [6, 6.07) is 0.483. The summed E-state index contributed by atoms with van der Waals surface area (Å²) in [6.07, 6.45) is 5.24. The zero-order chi connectivity index (χ0) is 33.1. The van der Waals surface area contributed by atoms with Crippen LogP contribution in [0.4, 0.5) is 16.2 Å². The number of allylic oxidation sites excluding steroid dienone is 2. The Kier molecular flexibility index (Phi) is 14.1. The van der Waals surface area contributed by atoms with Crippen LogP contribution in [0.2, 0.25) is 0 Å². The van der Waals surface area contributed by atoms with Crippen molar-refractivity contribution < 1.29 is 39.5 Å². The molecular weight excluding hydrogens is 568 g/mol. The standard InChI is InChI=1S/C32H48N4O8/c1-18-14-22-28(33-12-13-36(5)6)24(37)17-23(30(22)39)34-31(40)19(2)10-9-11-25(43-7)27(35-32(41)42)20(3)16-21(4)29(38)26(15-18)44-8/h9-12,16-18,21,25-27,29,35,37-39H,13-15H2,1-8H3,(H,34,40)(H,41,42)/t18-,21+,25+,26+,27+,29-/m1/s1. The molecule has 0 radical (unpaired) electrons. The molecule has 0 fully saturated rings. The number of phenols is 2. The van der Waals surface area contributed by atoms with Crippen molar-refractivity contribution in [3.63, 3.8) is 0 Å². The third-order valence-corrected chi connectivity index (χ3v) is 7.58. The first-order chi connectivity index (χ1) is 20.7. The van der Waals surface area contributed by atoms with Gasteiger partial charge in [0.15, 0.2) is 0 Å². The van der Waals surface area contributed by atoms with Crippen LogP contribution >= 0.6 is 0 Å². The number of carboxylic acid groups (broad SMARTS) is 1. The van der Waals surface area contributed by atoms with Gasteiger partial charge in [0, 0.05) is 50.1 Å². The number of nitrogens with zero attached hydrogens (tertiary/aromatic N) is 2. The SMILES string of the molecule is CO[C@H]1C=CC=C(C)C(=O)Nc2cc(O)c(N=CCN(C)C)c(c2O)C[C@@H](C)C[C@H](OC)[C@H](O)[C@@H](C)C=C(C)[C@@H]1NC(=O)O. The van der Waals surface area contributed by atoms with Crippen molar-refractivity contribution in [2.75, 3.05) is 40.2 Å². The van der Waals surface area contributed by atoms with Crippen molar-refractivity contribution in [2.24, 2.45) is 16.8 Å². The first-order valence-electron chi connectivity index (χ1n) is 14.5. The van der Waals surface area contributed by atoms with Gasteiger partial charge >= 0.3 is 6.09 Å². The Morgan fingerprint density at radius 2 is 1.89 bits per heavy atom. The topological polar surface area (TPSA) is 173 Å². The number of benzene rings is 1. The Balaban J connectivity index is 2.69. The molecule has 44 heavy (non-hydrogen) atoms. The van der Waals surface area contributed by atoms with Crippen molar-refractivity contribution >= 4 is 29.6 Å². The van der Waals surface area contributed by atoms with E-state index in [1.165, 1.54) is 26.4 Å². The van der Waals surface area contributed by atoms with Gasteiger partial charge in [0.1, 0.15) is 17.2 Å². The Morgan fingerprint density at radius 1 is 1.20 bits per heavy atom. The van der Waals surface area contributed by atoms with E-state index < -0.39 is 42.3 Å². The number of aliphatic hydroxyl groups excluding tert-OH is 1. The number of fused-ring (bicyclic) bond motifs is 2. The van der Waals surface area contributed by atoms with Crippen molar-refractivity contribution in [3.05, 3.63) is 47.1 Å². The summed E-state index contributed by atoms with van der Waals surface area (Å²) in [5, 5.41) is 48.2. The Morgan fingerprint density at radius 3 is 2.48 bits per heavy atom. The first-order valence-corrected chi connectivity index (χ1v) is 14.5. The molecule has 2 bridgehead atoms. The lowest BCUT2D eigenvalue weighted by atomic mass is 9.87. The van der Waals surface area contributed by atoms with Crippen LogP contribution in [0.15, 0.2) is 46.5 Å². The van der Waals surface area contributed by atoms with Crippen molar-refractivity contribution in [2.45, 2.75) is 64.9 Å². The number of aromatic hydroxyl groups is 2. The van der Waals surface area contributed by atoms with E-state index in [9.17, 15) is 30.0 Å². The number of rotatable bonds is 6. The highest BCUT2D eigenvalue weighted by molar-refractivity contribution is 6.04. The number of methoxy groups -OCH3 is 2. The van der Waals surface area contributed by atoms with Crippen molar-refractivity contribution in [1.82, 2.24) is 10.2 Å². The third-order valence-electron chi connectivity index (χ3n) is 7.58. The molecule has 12 heteroatoms. The highest BCUT2D eigenvalue weighted by atomic mass is 16.5. The van der Waals surface area contributed by atoms with E-state index in [0.29, 0.717) is 24.1 Å². The zero-order valence-corrected chi connectivity index (χ0v) is 26.9. The lowest BCUT2D eigenvalue weighted by molar-refractivity contribution is -0.112. The third kappa shape index (κ3) is 10.2. The van der Waals surface area contributed by atoms with Gasteiger partial charge in [-0.05, 0) is 46.7 Å². The van der Waals surface area contributed by atoms with Gasteiger partial charge in [-0.15, -0.1) is 0 Å². The molecule has 0 unspecified atom stereocenters. The van der Waals surface area contributed by atoms with E-state index in [1.807, 2.05) is 32.8 Å². The molecule has 1 aromatic carbocycles. The molecule has 1 heterocycles. The monoisotopic (exact) mass is 616 g/mol. The fraction of sp³-hybridized carbons (Fsp3) is 0.531. The summed E-state index contributed by atoms with van der Waals surface area (Å²) >= 11 is 0. The van der Waals surface area contributed by atoms with Gasteiger partial charge in [-0.2, -0.15) is 0 Å². The highest BCUT2D eigenvalue weighted by Crippen LogP contribution is 2.44. The normalized spacial score (nSPS) is 25.9. The van der Waals surface area contributed by atoms with Gasteiger partial charge in [-0.25, -0.2) is 4.79 Å². The molecule has 0 spiro atoms. The number of carbonyl (C=O) groups is 2. The lowest BCUT2D eigenvalue weighted by Gasteiger charge is -2.30. The number of carbonyl (C=O) groups excluding carboxylic acids is 1. The molecular formula is C32H48N4O8. The van der Waals surface area contributed by atoms with E-state index in [2.05, 4.69) is 15.6 Å². The predicted octanol–water partition coefficient (Wildman–Crippen LogP) is 3.99. The van der Waals surface area contributed by atoms with Crippen LogP contribution in [0, 0.1) is 11.8 Å². The van der Waals surface area contributed by atoms with Crippen molar-refractivity contribution in [3.8, 4) is 11.5 Å². The molecule has 2 amide bonds. The maximum atomic E-state index is 13.1. The van der Waals surface area contributed by atoms with Gasteiger partial charge < -0.3 is 45.4 Å². The molecule has 1 aliphatic rings. The maximum Gasteiger partial charge on any atom is 0.405 e. The largest absolute Gasteiger partial charge is 0.506 e. The fourth-order valence-corrected chi connectivity index (χ4v) is 5.11. The summed E-state index contributed by atoms with van der Waals surface area (Å²) in [7, 11) is 6.71. The minimum absolute atomic E-state index is 0.0215. The minimum Gasteiger partial charge on any atom is -0.506 e. The second-order valence-electron chi connectivity index (χ2n) is 11.6. The van der Waals surface area contributed by atoms with Crippen LogP contribution in [0.5, 0.6) is 11.5 Å². The zero-order valence-electron chi connectivity index (χ0n) is 26.9. The van der Waals surface area contributed by atoms with Crippen LogP contribution < -0.4 is 10.6 Å². The Labute approximate surface area is 259 Å². The molecule has 1 aliphatic heterocycles. The maximum absolute atomic E-state index is 13.1. The van der Waals surface area contributed by atoms with Gasteiger partial charge in [0.2, 0.25) is 0 Å². The first kappa shape index (κ1) is 36.5. The fourth-order valence-electron chi connectivity index (χ4n) is 5.11.